The summed E-state index contributed by atoms with van der Waals surface area (Å²) in [5.41, 5.74) is 1.05. The number of benzene rings is 1. The van der Waals surface area contributed by atoms with E-state index >= 15 is 0 Å². The number of fused-ring (bicyclic) bond motifs is 1. The molecule has 2 rings (SSSR count). The van der Waals surface area contributed by atoms with Gasteiger partial charge in [0.1, 0.15) is 17.7 Å². The van der Waals surface area contributed by atoms with Gasteiger partial charge in [-0.1, -0.05) is 24.3 Å². The van der Waals surface area contributed by atoms with Crippen molar-refractivity contribution in [3.63, 3.8) is 0 Å². The van der Waals surface area contributed by atoms with Crippen molar-refractivity contribution < 1.29 is 19.4 Å². The highest BCUT2D eigenvalue weighted by Gasteiger charge is 2.36. The fourth-order valence-electron chi connectivity index (χ4n) is 2.29. The van der Waals surface area contributed by atoms with E-state index in [9.17, 15) is 14.7 Å². The fraction of sp³-hybridized carbons (Fsp3) is 0.467. The van der Waals surface area contributed by atoms with Crippen molar-refractivity contribution in [3.8, 4) is 0 Å². The Kier molecular flexibility index (Phi) is 3.81. The maximum absolute atomic E-state index is 12.3. The molecule has 0 saturated carbocycles. The molecule has 1 aliphatic heterocycles. The Morgan fingerprint density at radius 2 is 1.95 bits per heavy atom. The van der Waals surface area contributed by atoms with Crippen LogP contribution in [0.1, 0.15) is 37.9 Å². The highest BCUT2D eigenvalue weighted by atomic mass is 16.6. The van der Waals surface area contributed by atoms with Crippen LogP contribution in [0.5, 0.6) is 0 Å². The minimum Gasteiger partial charge on any atom is -0.480 e. The van der Waals surface area contributed by atoms with Crippen molar-refractivity contribution in [2.75, 3.05) is 0 Å². The van der Waals surface area contributed by atoms with Crippen molar-refractivity contribution in [2.24, 2.45) is 0 Å². The van der Waals surface area contributed by atoms with Crippen molar-refractivity contribution in [3.05, 3.63) is 35.4 Å². The van der Waals surface area contributed by atoms with Gasteiger partial charge in [0.25, 0.3) is 0 Å². The topological polar surface area (TPSA) is 75.6 Å². The van der Waals surface area contributed by atoms with Gasteiger partial charge < -0.3 is 9.84 Å². The first-order chi connectivity index (χ1) is 9.28. The quantitative estimate of drug-likeness (QED) is 0.804. The molecule has 2 N–H and O–H groups in total. The van der Waals surface area contributed by atoms with Crippen LogP contribution < -0.4 is 5.32 Å². The molecule has 0 bridgehead atoms. The number of rotatable bonds is 2. The number of carbonyl (C=O) groups excluding carboxylic acids is 1. The van der Waals surface area contributed by atoms with E-state index in [1.54, 1.807) is 20.8 Å². The van der Waals surface area contributed by atoms with Gasteiger partial charge in [-0.15, -0.1) is 0 Å². The Hall–Kier alpha value is -1.88. The van der Waals surface area contributed by atoms with Gasteiger partial charge in [0.05, 0.1) is 0 Å². The van der Waals surface area contributed by atoms with E-state index in [-0.39, 0.29) is 0 Å². The first kappa shape index (κ1) is 14.5. The van der Waals surface area contributed by atoms with E-state index in [0.717, 1.165) is 11.1 Å². The number of carboxylic acid groups (broad SMARTS) is 1. The third kappa shape index (κ3) is 3.17. The summed E-state index contributed by atoms with van der Waals surface area (Å²) in [6.07, 6.45) is 0.366. The van der Waals surface area contributed by atoms with Gasteiger partial charge in [-0.3, -0.25) is 10.1 Å². The number of esters is 1. The molecule has 1 aliphatic rings. The van der Waals surface area contributed by atoms with Crippen molar-refractivity contribution in [2.45, 2.75) is 44.9 Å². The second kappa shape index (κ2) is 5.25. The van der Waals surface area contributed by atoms with Crippen molar-refractivity contribution >= 4 is 11.9 Å². The van der Waals surface area contributed by atoms with E-state index in [1.165, 1.54) is 0 Å². The van der Waals surface area contributed by atoms with E-state index in [4.69, 9.17) is 4.74 Å². The second-order valence-electron chi connectivity index (χ2n) is 5.93. The van der Waals surface area contributed by atoms with E-state index in [2.05, 4.69) is 5.32 Å². The lowest BCUT2D eigenvalue weighted by Gasteiger charge is -2.31. The van der Waals surface area contributed by atoms with Crippen LogP contribution in [0.2, 0.25) is 0 Å². The molecule has 0 aliphatic carbocycles. The van der Waals surface area contributed by atoms with E-state index in [1.807, 2.05) is 24.3 Å². The van der Waals surface area contributed by atoms with E-state index < -0.39 is 29.6 Å². The fourth-order valence-corrected chi connectivity index (χ4v) is 2.29. The zero-order valence-corrected chi connectivity index (χ0v) is 11.8. The summed E-state index contributed by atoms with van der Waals surface area (Å²) < 4.78 is 5.37. The molecule has 0 fully saturated rings. The standard InChI is InChI=1S/C15H19NO4/c1-15(2,3)20-14(19)12-10-7-5-4-6-9(10)8-11(16-12)13(17)18/h4-7,11-12,16H,8H2,1-3H3,(H,17,18)/t11-,12+/m0/s1. The molecule has 5 nitrogen and oxygen atoms in total. The van der Waals surface area contributed by atoms with Crippen LogP contribution in [-0.4, -0.2) is 28.7 Å². The van der Waals surface area contributed by atoms with Gasteiger partial charge in [0, 0.05) is 0 Å². The molecule has 20 heavy (non-hydrogen) atoms. The number of aliphatic carboxylic acids is 1. The number of hydrogen-bond acceptors (Lipinski definition) is 4. The van der Waals surface area contributed by atoms with Gasteiger partial charge in [-0.25, -0.2) is 4.79 Å². The molecule has 0 spiro atoms. The van der Waals surface area contributed by atoms with Gasteiger partial charge in [0.15, 0.2) is 0 Å². The lowest BCUT2D eigenvalue weighted by Crippen LogP contribution is -2.48. The first-order valence-electron chi connectivity index (χ1n) is 6.57. The van der Waals surface area contributed by atoms with Gasteiger partial charge >= 0.3 is 11.9 Å². The van der Waals surface area contributed by atoms with Gasteiger partial charge in [-0.05, 0) is 38.3 Å². The summed E-state index contributed by atoms with van der Waals surface area (Å²) in [5.74, 6) is -1.41. The minimum atomic E-state index is -0.965. The normalized spacial score (nSPS) is 21.9. The molecular formula is C15H19NO4. The Labute approximate surface area is 117 Å². The first-order valence-corrected chi connectivity index (χ1v) is 6.57. The average Bonchev–Trinajstić information content (AvgIpc) is 2.35. The molecule has 0 saturated heterocycles. The van der Waals surface area contributed by atoms with Crippen LogP contribution in [0.3, 0.4) is 0 Å². The zero-order valence-electron chi connectivity index (χ0n) is 11.8. The smallest absolute Gasteiger partial charge is 0.328 e. The number of carboxylic acids is 1. The summed E-state index contributed by atoms with van der Waals surface area (Å²) in [4.78, 5) is 23.5. The Morgan fingerprint density at radius 1 is 1.30 bits per heavy atom. The lowest BCUT2D eigenvalue weighted by molar-refractivity contribution is -0.158. The molecule has 2 atom stereocenters. The number of nitrogens with one attached hydrogen (secondary N) is 1. The van der Waals surface area contributed by atoms with Crippen LogP contribution in [0, 0.1) is 0 Å². The highest BCUT2D eigenvalue weighted by Crippen LogP contribution is 2.27. The predicted molar refractivity (Wildman–Crippen MR) is 73.3 cm³/mol. The minimum absolute atomic E-state index is 0.366. The average molecular weight is 277 g/mol. The third-order valence-corrected chi connectivity index (χ3v) is 3.10. The second-order valence-corrected chi connectivity index (χ2v) is 5.93. The lowest BCUT2D eigenvalue weighted by atomic mass is 9.90. The molecule has 0 radical (unpaired) electrons. The Morgan fingerprint density at radius 3 is 2.55 bits per heavy atom. The monoisotopic (exact) mass is 277 g/mol. The number of ether oxygens (including phenoxy) is 1. The summed E-state index contributed by atoms with van der Waals surface area (Å²) in [6, 6.07) is 5.84. The van der Waals surface area contributed by atoms with E-state index in [0.29, 0.717) is 6.42 Å². The van der Waals surface area contributed by atoms with Crippen LogP contribution in [0.15, 0.2) is 24.3 Å². The Balaban J connectivity index is 2.31. The number of carbonyl (C=O) groups is 2. The molecular weight excluding hydrogens is 258 g/mol. The molecule has 108 valence electrons. The number of hydrogen-bond donors (Lipinski definition) is 2. The van der Waals surface area contributed by atoms with Crippen LogP contribution >= 0.6 is 0 Å². The maximum atomic E-state index is 12.3. The summed E-state index contributed by atoms with van der Waals surface area (Å²) in [6.45, 7) is 5.36. The predicted octanol–water partition coefficient (Wildman–Crippen LogP) is 1.67. The molecule has 0 amide bonds. The molecule has 0 unspecified atom stereocenters. The molecule has 0 aromatic heterocycles. The maximum Gasteiger partial charge on any atom is 0.328 e. The zero-order chi connectivity index (χ0) is 14.9. The summed E-state index contributed by atoms with van der Waals surface area (Å²) in [5, 5.41) is 12.0. The van der Waals surface area contributed by atoms with Crippen LogP contribution in [0.25, 0.3) is 0 Å². The Bertz CT molecular complexity index is 533. The van der Waals surface area contributed by atoms with Crippen LogP contribution in [0.4, 0.5) is 0 Å². The van der Waals surface area contributed by atoms with Gasteiger partial charge in [-0.2, -0.15) is 0 Å². The molecule has 5 heteroatoms. The molecule has 1 heterocycles. The van der Waals surface area contributed by atoms with Gasteiger partial charge in [0.2, 0.25) is 0 Å². The molecule has 1 aromatic rings. The molecule has 1 aromatic carbocycles. The summed E-state index contributed by atoms with van der Waals surface area (Å²) >= 11 is 0. The summed E-state index contributed by atoms with van der Waals surface area (Å²) in [7, 11) is 0. The van der Waals surface area contributed by atoms with Crippen LogP contribution in [-0.2, 0) is 20.7 Å². The SMILES string of the molecule is CC(C)(C)OC(=O)[C@@H]1N[C@H](C(=O)O)Cc2ccccc21. The highest BCUT2D eigenvalue weighted by molar-refractivity contribution is 5.82. The third-order valence-electron chi connectivity index (χ3n) is 3.10. The van der Waals surface area contributed by atoms with Crippen molar-refractivity contribution in [1.29, 1.82) is 0 Å². The van der Waals surface area contributed by atoms with Crippen molar-refractivity contribution in [1.82, 2.24) is 5.32 Å². The largest absolute Gasteiger partial charge is 0.480 e.